The Morgan fingerprint density at radius 3 is 2.56 bits per heavy atom. The van der Waals surface area contributed by atoms with Gasteiger partial charge in [-0.2, -0.15) is 0 Å². The average molecular weight is 342 g/mol. The highest BCUT2D eigenvalue weighted by Gasteiger charge is 2.15. The lowest BCUT2D eigenvalue weighted by Crippen LogP contribution is -2.27. The number of benzene rings is 1. The number of nitrogens with one attached hydrogen (secondary N) is 1. The van der Waals surface area contributed by atoms with E-state index in [1.807, 2.05) is 24.3 Å². The molecule has 6 heteroatoms. The average Bonchev–Trinajstić information content (AvgIpc) is 2.57. The summed E-state index contributed by atoms with van der Waals surface area (Å²) in [5, 5.41) is 3.25. The van der Waals surface area contributed by atoms with Crippen LogP contribution < -0.4 is 10.1 Å². The summed E-state index contributed by atoms with van der Waals surface area (Å²) in [4.78, 5) is 21.9. The molecule has 1 N–H and O–H groups in total. The first-order chi connectivity index (χ1) is 11.8. The van der Waals surface area contributed by atoms with Gasteiger partial charge in [0.15, 0.2) is 6.61 Å². The summed E-state index contributed by atoms with van der Waals surface area (Å²) in [6, 6.07) is 7.64. The lowest BCUT2D eigenvalue weighted by Gasteiger charge is -2.17. The van der Waals surface area contributed by atoms with Gasteiger partial charge in [0, 0.05) is 26.1 Å². The zero-order valence-corrected chi connectivity index (χ0v) is 15.5. The quantitative estimate of drug-likeness (QED) is 0.874. The molecule has 1 aromatic carbocycles. The number of likely N-dealkylation sites (N-methyl/N-ethyl adjacent to an activating group) is 1. The number of aromatic nitrogens is 2. The summed E-state index contributed by atoms with van der Waals surface area (Å²) < 4.78 is 5.53. The normalized spacial score (nSPS) is 11.1. The third-order valence-corrected chi connectivity index (χ3v) is 3.65. The fourth-order valence-corrected chi connectivity index (χ4v) is 2.02. The van der Waals surface area contributed by atoms with Crippen LogP contribution in [0.3, 0.4) is 0 Å². The molecule has 0 atom stereocenters. The largest absolute Gasteiger partial charge is 0.484 e. The van der Waals surface area contributed by atoms with Crippen molar-refractivity contribution in [1.82, 2.24) is 14.9 Å². The molecule has 2 aromatic rings. The van der Waals surface area contributed by atoms with E-state index in [4.69, 9.17) is 4.74 Å². The number of hydrogen-bond donors (Lipinski definition) is 1. The number of carbonyl (C=O) groups is 1. The summed E-state index contributed by atoms with van der Waals surface area (Å²) in [6.07, 6.45) is 3.55. The Labute approximate surface area is 149 Å². The molecule has 1 aromatic heterocycles. The smallest absolute Gasteiger partial charge is 0.259 e. The van der Waals surface area contributed by atoms with Crippen LogP contribution in [0.2, 0.25) is 0 Å². The van der Waals surface area contributed by atoms with E-state index in [2.05, 4.69) is 36.1 Å². The first-order valence-corrected chi connectivity index (χ1v) is 8.24. The van der Waals surface area contributed by atoms with E-state index in [1.165, 1.54) is 4.90 Å². The Balaban J connectivity index is 1.92. The molecular formula is C19H26N4O2. The van der Waals surface area contributed by atoms with E-state index in [9.17, 15) is 4.79 Å². The van der Waals surface area contributed by atoms with Gasteiger partial charge in [-0.1, -0.05) is 32.9 Å². The molecule has 1 amide bonds. The van der Waals surface area contributed by atoms with E-state index in [-0.39, 0.29) is 17.9 Å². The summed E-state index contributed by atoms with van der Waals surface area (Å²) in [5.41, 5.74) is 1.98. The predicted octanol–water partition coefficient (Wildman–Crippen LogP) is 2.85. The first-order valence-electron chi connectivity index (χ1n) is 8.24. The van der Waals surface area contributed by atoms with Crippen LogP contribution >= 0.6 is 0 Å². The SMILES string of the molecule is CN(C)C(=O)COc1cccc(CNc2cnc(C(C)(C)C)cn2)c1. The zero-order chi connectivity index (χ0) is 18.4. The highest BCUT2D eigenvalue weighted by atomic mass is 16.5. The molecule has 0 fully saturated rings. The van der Waals surface area contributed by atoms with Crippen molar-refractivity contribution >= 4 is 11.7 Å². The number of amides is 1. The van der Waals surface area contributed by atoms with Crippen LogP contribution in [-0.2, 0) is 16.8 Å². The minimum absolute atomic E-state index is 0.0127. The van der Waals surface area contributed by atoms with Gasteiger partial charge in [0.1, 0.15) is 11.6 Å². The van der Waals surface area contributed by atoms with Crippen LogP contribution in [0.5, 0.6) is 5.75 Å². The lowest BCUT2D eigenvalue weighted by atomic mass is 9.93. The number of anilines is 1. The van der Waals surface area contributed by atoms with Crippen LogP contribution in [-0.4, -0.2) is 41.5 Å². The lowest BCUT2D eigenvalue weighted by molar-refractivity contribution is -0.130. The summed E-state index contributed by atoms with van der Waals surface area (Å²) in [6.45, 7) is 6.95. The fraction of sp³-hybridized carbons (Fsp3) is 0.421. The van der Waals surface area contributed by atoms with Crippen molar-refractivity contribution < 1.29 is 9.53 Å². The summed E-state index contributed by atoms with van der Waals surface area (Å²) >= 11 is 0. The zero-order valence-electron chi connectivity index (χ0n) is 15.5. The minimum Gasteiger partial charge on any atom is -0.484 e. The van der Waals surface area contributed by atoms with Crippen LogP contribution in [0, 0.1) is 0 Å². The van der Waals surface area contributed by atoms with E-state index >= 15 is 0 Å². The Morgan fingerprint density at radius 2 is 1.96 bits per heavy atom. The topological polar surface area (TPSA) is 67.3 Å². The molecule has 25 heavy (non-hydrogen) atoms. The number of rotatable bonds is 6. The van der Waals surface area contributed by atoms with Crippen LogP contribution in [0.15, 0.2) is 36.7 Å². The second-order valence-corrected chi connectivity index (χ2v) is 7.11. The summed E-state index contributed by atoms with van der Waals surface area (Å²) in [5.74, 6) is 1.32. The molecule has 0 saturated carbocycles. The Hall–Kier alpha value is -2.63. The van der Waals surface area contributed by atoms with Gasteiger partial charge in [0.05, 0.1) is 18.1 Å². The van der Waals surface area contributed by atoms with Gasteiger partial charge >= 0.3 is 0 Å². The molecule has 0 spiro atoms. The second kappa shape index (κ2) is 7.96. The van der Waals surface area contributed by atoms with Gasteiger partial charge in [-0.3, -0.25) is 9.78 Å². The molecule has 2 rings (SSSR count). The molecule has 0 aliphatic heterocycles. The minimum atomic E-state index is -0.0715. The predicted molar refractivity (Wildman–Crippen MR) is 98.7 cm³/mol. The molecule has 0 radical (unpaired) electrons. The van der Waals surface area contributed by atoms with E-state index in [0.29, 0.717) is 12.3 Å². The van der Waals surface area contributed by atoms with Crippen LogP contribution in [0.4, 0.5) is 5.82 Å². The molecule has 0 aliphatic carbocycles. The van der Waals surface area contributed by atoms with Gasteiger partial charge in [0.25, 0.3) is 5.91 Å². The third kappa shape index (κ3) is 5.74. The van der Waals surface area contributed by atoms with Crippen molar-refractivity contribution in [2.24, 2.45) is 0 Å². The summed E-state index contributed by atoms with van der Waals surface area (Å²) in [7, 11) is 3.41. The maximum Gasteiger partial charge on any atom is 0.259 e. The van der Waals surface area contributed by atoms with Crippen molar-refractivity contribution in [3.8, 4) is 5.75 Å². The van der Waals surface area contributed by atoms with E-state index < -0.39 is 0 Å². The van der Waals surface area contributed by atoms with Crippen molar-refractivity contribution in [2.75, 3.05) is 26.0 Å². The van der Waals surface area contributed by atoms with Gasteiger partial charge in [0.2, 0.25) is 0 Å². The number of ether oxygens (including phenoxy) is 1. The molecule has 0 bridgehead atoms. The van der Waals surface area contributed by atoms with E-state index in [1.54, 1.807) is 26.5 Å². The standard InChI is InChI=1S/C19H26N4O2/c1-19(2,3)16-11-22-17(12-20-16)21-10-14-7-6-8-15(9-14)25-13-18(24)23(4)5/h6-9,11-12H,10,13H2,1-5H3,(H,21,22). The molecule has 0 aliphatic rings. The van der Waals surface area contributed by atoms with Crippen molar-refractivity contribution in [3.05, 3.63) is 47.9 Å². The highest BCUT2D eigenvalue weighted by molar-refractivity contribution is 5.77. The highest BCUT2D eigenvalue weighted by Crippen LogP contribution is 2.19. The van der Waals surface area contributed by atoms with Crippen LogP contribution in [0.25, 0.3) is 0 Å². The van der Waals surface area contributed by atoms with Gasteiger partial charge in [-0.05, 0) is 17.7 Å². The maximum absolute atomic E-state index is 11.6. The Kier molecular flexibility index (Phi) is 5.96. The molecule has 1 heterocycles. The molecule has 0 unspecified atom stereocenters. The molecule has 0 saturated heterocycles. The van der Waals surface area contributed by atoms with Crippen molar-refractivity contribution in [1.29, 1.82) is 0 Å². The molecular weight excluding hydrogens is 316 g/mol. The molecule has 6 nitrogen and oxygen atoms in total. The van der Waals surface area contributed by atoms with Crippen molar-refractivity contribution in [3.63, 3.8) is 0 Å². The van der Waals surface area contributed by atoms with Gasteiger partial charge in [-0.15, -0.1) is 0 Å². The Bertz CT molecular complexity index is 706. The van der Waals surface area contributed by atoms with Crippen molar-refractivity contribution in [2.45, 2.75) is 32.7 Å². The number of carbonyl (C=O) groups excluding carboxylic acids is 1. The third-order valence-electron chi connectivity index (χ3n) is 3.65. The van der Waals surface area contributed by atoms with E-state index in [0.717, 1.165) is 17.1 Å². The maximum atomic E-state index is 11.6. The Morgan fingerprint density at radius 1 is 1.20 bits per heavy atom. The fourth-order valence-electron chi connectivity index (χ4n) is 2.02. The monoisotopic (exact) mass is 342 g/mol. The second-order valence-electron chi connectivity index (χ2n) is 7.11. The molecule has 134 valence electrons. The van der Waals surface area contributed by atoms with Gasteiger partial charge in [-0.25, -0.2) is 4.98 Å². The first kappa shape index (κ1) is 18.7. The van der Waals surface area contributed by atoms with Crippen LogP contribution in [0.1, 0.15) is 32.0 Å². The number of hydrogen-bond acceptors (Lipinski definition) is 5. The van der Waals surface area contributed by atoms with Gasteiger partial charge < -0.3 is 15.0 Å². The number of nitrogens with zero attached hydrogens (tertiary/aromatic N) is 3.